The largest absolute Gasteiger partial charge is 0.411 e. The molecule has 1 aromatic heterocycles. The number of hydrogen-bond acceptors (Lipinski definition) is 3. The van der Waals surface area contributed by atoms with E-state index in [1.54, 1.807) is 0 Å². The predicted molar refractivity (Wildman–Crippen MR) is 69.2 cm³/mol. The van der Waals surface area contributed by atoms with Gasteiger partial charge < -0.3 is 15.0 Å². The average molecular weight is 287 g/mol. The molecule has 0 saturated carbocycles. The van der Waals surface area contributed by atoms with Crippen molar-refractivity contribution in [1.82, 2.24) is 9.55 Å². The normalized spacial score (nSPS) is 12.2. The quantitative estimate of drug-likeness (QED) is 0.857. The minimum atomic E-state index is -4.29. The standard InChI is InChI=1S/C13H16F3N3O/c1-19-11-3-2-9(7-17)6-10(11)18-12(19)4-5-20-8-13(14,15)16/h2-3,6H,4-5,7-8,17H2,1H3. The predicted octanol–water partition coefficient (Wildman–Crippen LogP) is 2.15. The van der Waals surface area contributed by atoms with Gasteiger partial charge in [-0.15, -0.1) is 0 Å². The van der Waals surface area contributed by atoms with E-state index in [0.29, 0.717) is 18.8 Å². The molecule has 0 aliphatic carbocycles. The maximum atomic E-state index is 12.0. The van der Waals surface area contributed by atoms with Gasteiger partial charge in [0.1, 0.15) is 12.4 Å². The van der Waals surface area contributed by atoms with Crippen LogP contribution in [0.3, 0.4) is 0 Å². The van der Waals surface area contributed by atoms with E-state index in [4.69, 9.17) is 5.73 Å². The number of aromatic nitrogens is 2. The molecule has 0 saturated heterocycles. The number of nitrogens with zero attached hydrogens (tertiary/aromatic N) is 2. The second kappa shape index (κ2) is 5.80. The summed E-state index contributed by atoms with van der Waals surface area (Å²) in [5.41, 5.74) is 8.25. The fourth-order valence-electron chi connectivity index (χ4n) is 2.00. The lowest BCUT2D eigenvalue weighted by atomic mass is 10.2. The van der Waals surface area contributed by atoms with Gasteiger partial charge in [0.15, 0.2) is 0 Å². The van der Waals surface area contributed by atoms with Gasteiger partial charge >= 0.3 is 6.18 Å². The lowest BCUT2D eigenvalue weighted by Crippen LogP contribution is -2.18. The number of fused-ring (bicyclic) bond motifs is 1. The number of alkyl halides is 3. The first-order valence-electron chi connectivity index (χ1n) is 6.19. The summed E-state index contributed by atoms with van der Waals surface area (Å²) in [6, 6.07) is 5.70. The monoisotopic (exact) mass is 287 g/mol. The highest BCUT2D eigenvalue weighted by molar-refractivity contribution is 5.76. The summed E-state index contributed by atoms with van der Waals surface area (Å²) in [7, 11) is 1.83. The van der Waals surface area contributed by atoms with E-state index in [2.05, 4.69) is 9.72 Å². The van der Waals surface area contributed by atoms with Crippen molar-refractivity contribution in [1.29, 1.82) is 0 Å². The van der Waals surface area contributed by atoms with Gasteiger partial charge in [0, 0.05) is 20.0 Å². The van der Waals surface area contributed by atoms with Gasteiger partial charge in [0.2, 0.25) is 0 Å². The Morgan fingerprint density at radius 1 is 1.35 bits per heavy atom. The molecule has 0 aliphatic rings. The molecule has 4 nitrogen and oxygen atoms in total. The maximum Gasteiger partial charge on any atom is 0.411 e. The molecule has 0 bridgehead atoms. The fourth-order valence-corrected chi connectivity index (χ4v) is 2.00. The number of ether oxygens (including phenoxy) is 1. The molecular formula is C13H16F3N3O. The highest BCUT2D eigenvalue weighted by Gasteiger charge is 2.27. The highest BCUT2D eigenvalue weighted by atomic mass is 19.4. The Kier molecular flexibility index (Phi) is 4.29. The zero-order valence-electron chi connectivity index (χ0n) is 11.1. The molecule has 0 atom stereocenters. The number of benzene rings is 1. The summed E-state index contributed by atoms with van der Waals surface area (Å²) in [6.45, 7) is -0.814. The Bertz CT molecular complexity index is 592. The number of rotatable bonds is 5. The van der Waals surface area contributed by atoms with Crippen molar-refractivity contribution < 1.29 is 17.9 Å². The third-order valence-corrected chi connectivity index (χ3v) is 3.01. The topological polar surface area (TPSA) is 53.1 Å². The first-order valence-corrected chi connectivity index (χ1v) is 6.19. The van der Waals surface area contributed by atoms with Crippen LogP contribution in [-0.4, -0.2) is 28.9 Å². The van der Waals surface area contributed by atoms with Crippen molar-refractivity contribution >= 4 is 11.0 Å². The molecular weight excluding hydrogens is 271 g/mol. The third-order valence-electron chi connectivity index (χ3n) is 3.01. The number of aryl methyl sites for hydroxylation is 1. The van der Waals surface area contributed by atoms with Crippen LogP contribution in [0.15, 0.2) is 18.2 Å². The summed E-state index contributed by atoms with van der Waals surface area (Å²) in [4.78, 5) is 4.40. The molecule has 0 spiro atoms. The van der Waals surface area contributed by atoms with Crippen LogP contribution in [0.5, 0.6) is 0 Å². The van der Waals surface area contributed by atoms with Gasteiger partial charge in [-0.2, -0.15) is 13.2 Å². The fraction of sp³-hybridized carbons (Fsp3) is 0.462. The molecule has 0 aliphatic heterocycles. The van der Waals surface area contributed by atoms with Gasteiger partial charge in [-0.1, -0.05) is 6.07 Å². The van der Waals surface area contributed by atoms with E-state index >= 15 is 0 Å². The first kappa shape index (κ1) is 14.8. The minimum Gasteiger partial charge on any atom is -0.372 e. The van der Waals surface area contributed by atoms with E-state index in [1.165, 1.54) is 0 Å². The van der Waals surface area contributed by atoms with Crippen LogP contribution in [0, 0.1) is 0 Å². The smallest absolute Gasteiger partial charge is 0.372 e. The molecule has 0 fully saturated rings. The van der Waals surface area contributed by atoms with Crippen molar-refractivity contribution in [3.63, 3.8) is 0 Å². The van der Waals surface area contributed by atoms with Gasteiger partial charge in [0.25, 0.3) is 0 Å². The molecule has 110 valence electrons. The van der Waals surface area contributed by atoms with Crippen molar-refractivity contribution in [2.24, 2.45) is 12.8 Å². The summed E-state index contributed by atoms with van der Waals surface area (Å²) in [5, 5.41) is 0. The molecule has 2 rings (SSSR count). The maximum absolute atomic E-state index is 12.0. The first-order chi connectivity index (χ1) is 9.40. The minimum absolute atomic E-state index is 0.0135. The Morgan fingerprint density at radius 3 is 2.75 bits per heavy atom. The van der Waals surface area contributed by atoms with Gasteiger partial charge in [0.05, 0.1) is 17.6 Å². The van der Waals surface area contributed by atoms with Crippen LogP contribution in [0.1, 0.15) is 11.4 Å². The molecule has 7 heteroatoms. The highest BCUT2D eigenvalue weighted by Crippen LogP contribution is 2.18. The van der Waals surface area contributed by atoms with Crippen LogP contribution in [0.25, 0.3) is 11.0 Å². The zero-order chi connectivity index (χ0) is 14.8. The molecule has 0 amide bonds. The molecule has 0 unspecified atom stereocenters. The van der Waals surface area contributed by atoms with Crippen LogP contribution in [0.2, 0.25) is 0 Å². The average Bonchev–Trinajstić information content (AvgIpc) is 2.70. The molecule has 1 aromatic carbocycles. The SMILES string of the molecule is Cn1c(CCOCC(F)(F)F)nc2cc(CN)ccc21. The Balaban J connectivity index is 2.05. The number of imidazole rings is 1. The molecule has 2 aromatic rings. The van der Waals surface area contributed by atoms with E-state index in [0.717, 1.165) is 16.6 Å². The Morgan fingerprint density at radius 2 is 2.10 bits per heavy atom. The van der Waals surface area contributed by atoms with Gasteiger partial charge in [-0.3, -0.25) is 0 Å². The van der Waals surface area contributed by atoms with Crippen molar-refractivity contribution in [3.05, 3.63) is 29.6 Å². The van der Waals surface area contributed by atoms with Crippen LogP contribution in [-0.2, 0) is 24.8 Å². The summed E-state index contributed by atoms with van der Waals surface area (Å²) < 4.78 is 42.3. The van der Waals surface area contributed by atoms with E-state index in [9.17, 15) is 13.2 Å². The zero-order valence-corrected chi connectivity index (χ0v) is 11.1. The van der Waals surface area contributed by atoms with Crippen molar-refractivity contribution in [2.45, 2.75) is 19.1 Å². The van der Waals surface area contributed by atoms with E-state index < -0.39 is 12.8 Å². The van der Waals surface area contributed by atoms with Gasteiger partial charge in [-0.25, -0.2) is 4.98 Å². The Labute approximate surface area is 114 Å². The second-order valence-corrected chi connectivity index (χ2v) is 4.53. The lowest BCUT2D eigenvalue weighted by Gasteiger charge is -2.07. The van der Waals surface area contributed by atoms with Crippen LogP contribution in [0.4, 0.5) is 13.2 Å². The van der Waals surface area contributed by atoms with E-state index in [-0.39, 0.29) is 6.61 Å². The molecule has 20 heavy (non-hydrogen) atoms. The van der Waals surface area contributed by atoms with Crippen molar-refractivity contribution in [2.75, 3.05) is 13.2 Å². The third kappa shape index (κ3) is 3.49. The number of hydrogen-bond donors (Lipinski definition) is 1. The molecule has 1 heterocycles. The summed E-state index contributed by atoms with van der Waals surface area (Å²) >= 11 is 0. The van der Waals surface area contributed by atoms with Crippen LogP contribution < -0.4 is 5.73 Å². The molecule has 0 radical (unpaired) electrons. The van der Waals surface area contributed by atoms with Gasteiger partial charge in [-0.05, 0) is 17.7 Å². The molecule has 2 N–H and O–H groups in total. The summed E-state index contributed by atoms with van der Waals surface area (Å²) in [6.07, 6.45) is -3.96. The van der Waals surface area contributed by atoms with E-state index in [1.807, 2.05) is 29.8 Å². The lowest BCUT2D eigenvalue weighted by molar-refractivity contribution is -0.173. The van der Waals surface area contributed by atoms with Crippen molar-refractivity contribution in [3.8, 4) is 0 Å². The summed E-state index contributed by atoms with van der Waals surface area (Å²) in [5.74, 6) is 0.691. The number of nitrogens with two attached hydrogens (primary N) is 1. The second-order valence-electron chi connectivity index (χ2n) is 4.53. The Hall–Kier alpha value is -1.60. The number of halogens is 3. The van der Waals surface area contributed by atoms with Crippen LogP contribution >= 0.6 is 0 Å².